The average Bonchev–Trinajstić information content (AvgIpc) is 3.13. The number of nitrogens with one attached hydrogen (secondary N) is 3. The molecule has 1 aliphatic heterocycles. The van der Waals surface area contributed by atoms with Crippen molar-refractivity contribution in [1.29, 1.82) is 0 Å². The smallest absolute Gasteiger partial charge is 0.260 e. The Labute approximate surface area is 182 Å². The molecule has 3 N–H and O–H groups in total. The zero-order chi connectivity index (χ0) is 21.9. The molecule has 1 aliphatic carbocycles. The van der Waals surface area contributed by atoms with E-state index in [1.165, 1.54) is 24.9 Å². The van der Waals surface area contributed by atoms with Crippen molar-refractivity contribution in [3.8, 4) is 11.5 Å². The number of aromatic nitrogens is 4. The second kappa shape index (κ2) is 6.92. The minimum Gasteiger partial charge on any atom is -0.371 e. The highest BCUT2D eigenvalue weighted by molar-refractivity contribution is 5.99. The Morgan fingerprint density at radius 3 is 2.78 bits per heavy atom. The van der Waals surface area contributed by atoms with Crippen LogP contribution in [0.5, 0.6) is 0 Å². The third-order valence-corrected chi connectivity index (χ3v) is 6.23. The van der Waals surface area contributed by atoms with Gasteiger partial charge in [-0.05, 0) is 55.7 Å². The highest BCUT2D eigenvalue weighted by atomic mass is 19.3. The summed E-state index contributed by atoms with van der Waals surface area (Å²) in [5.41, 5.74) is 4.33. The summed E-state index contributed by atoms with van der Waals surface area (Å²) in [6, 6.07) is 13.5. The van der Waals surface area contributed by atoms with Crippen LogP contribution in [-0.4, -0.2) is 45.1 Å². The number of piperidine rings is 1. The monoisotopic (exact) mass is 434 g/mol. The number of rotatable bonds is 4. The van der Waals surface area contributed by atoms with Gasteiger partial charge in [-0.1, -0.05) is 0 Å². The lowest BCUT2D eigenvalue weighted by molar-refractivity contribution is -0.119. The van der Waals surface area contributed by atoms with Gasteiger partial charge in [0.05, 0.1) is 16.7 Å². The number of nitrogens with zero attached hydrogens (tertiary/aromatic N) is 3. The molecule has 1 amide bonds. The van der Waals surface area contributed by atoms with Gasteiger partial charge in [-0.2, -0.15) is 5.10 Å². The van der Waals surface area contributed by atoms with E-state index in [1.54, 1.807) is 6.07 Å². The SMILES string of the molecule is O=C(Nc1c#cc2[nH]nc(-c3nc4ccc(N5CCCCC5)cc4[nH]3)c2c1)C1CC1(F)F. The number of alkyl halides is 2. The van der Waals surface area contributed by atoms with Crippen molar-refractivity contribution >= 4 is 39.2 Å². The predicted octanol–water partition coefficient (Wildman–Crippen LogP) is 4.29. The van der Waals surface area contributed by atoms with Gasteiger partial charge in [0.2, 0.25) is 5.91 Å². The zero-order valence-corrected chi connectivity index (χ0v) is 17.1. The van der Waals surface area contributed by atoms with E-state index in [2.05, 4.69) is 54.6 Å². The Kier molecular flexibility index (Phi) is 4.12. The Balaban J connectivity index is 1.31. The van der Waals surface area contributed by atoms with Crippen LogP contribution in [0.25, 0.3) is 33.5 Å². The molecule has 1 unspecified atom stereocenters. The average molecular weight is 434 g/mol. The van der Waals surface area contributed by atoms with Crippen molar-refractivity contribution in [3.05, 3.63) is 36.4 Å². The summed E-state index contributed by atoms with van der Waals surface area (Å²) in [6.07, 6.45) is 3.27. The van der Waals surface area contributed by atoms with Crippen LogP contribution in [0.15, 0.2) is 24.3 Å². The number of H-pyrrole nitrogens is 2. The minimum atomic E-state index is -2.92. The maximum atomic E-state index is 13.2. The lowest BCUT2D eigenvalue weighted by atomic mass is 10.1. The van der Waals surface area contributed by atoms with E-state index < -0.39 is 24.2 Å². The van der Waals surface area contributed by atoms with E-state index in [0.29, 0.717) is 22.4 Å². The van der Waals surface area contributed by atoms with Crippen molar-refractivity contribution in [3.63, 3.8) is 0 Å². The van der Waals surface area contributed by atoms with Crippen molar-refractivity contribution in [2.24, 2.45) is 5.92 Å². The highest BCUT2D eigenvalue weighted by Gasteiger charge is 2.61. The molecule has 0 bridgehead atoms. The summed E-state index contributed by atoms with van der Waals surface area (Å²) in [4.78, 5) is 22.4. The molecule has 1 atom stereocenters. The van der Waals surface area contributed by atoms with Gasteiger partial charge in [-0.15, -0.1) is 0 Å². The normalized spacial score (nSPS) is 19.8. The number of carbonyl (C=O) groups excluding carboxylic acids is 1. The van der Waals surface area contributed by atoms with Crippen LogP contribution in [0, 0.1) is 18.1 Å². The van der Waals surface area contributed by atoms with Crippen LogP contribution < -0.4 is 10.2 Å². The quantitative estimate of drug-likeness (QED) is 0.447. The fraction of sp³-hybridized carbons (Fsp3) is 0.348. The lowest BCUT2D eigenvalue weighted by Crippen LogP contribution is -2.29. The Morgan fingerprint density at radius 1 is 1.19 bits per heavy atom. The van der Waals surface area contributed by atoms with E-state index in [0.717, 1.165) is 24.1 Å². The molecule has 3 heterocycles. The zero-order valence-electron chi connectivity index (χ0n) is 17.1. The summed E-state index contributed by atoms with van der Waals surface area (Å²) in [7, 11) is 0. The van der Waals surface area contributed by atoms with Crippen LogP contribution in [0.4, 0.5) is 20.2 Å². The van der Waals surface area contributed by atoms with Gasteiger partial charge in [-0.25, -0.2) is 13.8 Å². The van der Waals surface area contributed by atoms with Gasteiger partial charge < -0.3 is 15.2 Å². The van der Waals surface area contributed by atoms with Gasteiger partial charge >= 0.3 is 0 Å². The number of hydrogen-bond acceptors (Lipinski definition) is 4. The molecule has 1 saturated carbocycles. The molecule has 2 fully saturated rings. The number of fused-ring (bicyclic) bond motifs is 2. The molecule has 2 aromatic heterocycles. The van der Waals surface area contributed by atoms with Crippen LogP contribution in [-0.2, 0) is 4.79 Å². The summed E-state index contributed by atoms with van der Waals surface area (Å²) >= 11 is 0. The summed E-state index contributed by atoms with van der Waals surface area (Å²) in [6.45, 7) is 2.12. The van der Waals surface area contributed by atoms with Crippen molar-refractivity contribution < 1.29 is 13.6 Å². The fourth-order valence-electron chi connectivity index (χ4n) is 4.32. The Bertz CT molecular complexity index is 1340. The molecule has 9 heteroatoms. The van der Waals surface area contributed by atoms with E-state index in [-0.39, 0.29) is 5.69 Å². The summed E-state index contributed by atoms with van der Waals surface area (Å²) < 4.78 is 26.4. The molecule has 0 spiro atoms. The topological polar surface area (TPSA) is 89.7 Å². The standard InChI is InChI=1S/C23H20F2N6O/c24-23(25)12-16(23)22(32)26-13-4-6-17-15(10-13)20(30-29-17)21-27-18-7-5-14(11-19(18)28-21)31-8-2-1-3-9-31/h5,7,10-11,16H,1-3,8-9,12H2,(H,26,32)(H,27,28)(H,29,30). The van der Waals surface area contributed by atoms with E-state index in [4.69, 9.17) is 0 Å². The molecule has 1 saturated heterocycles. The van der Waals surface area contributed by atoms with Crippen LogP contribution in [0.2, 0.25) is 0 Å². The predicted molar refractivity (Wildman–Crippen MR) is 117 cm³/mol. The minimum absolute atomic E-state index is 0.274. The molecular weight excluding hydrogens is 414 g/mol. The van der Waals surface area contributed by atoms with Crippen LogP contribution in [0.1, 0.15) is 25.7 Å². The third kappa shape index (κ3) is 3.23. The fourth-order valence-corrected chi connectivity index (χ4v) is 4.32. The molecular formula is C23H20F2N6O. The van der Waals surface area contributed by atoms with Crippen molar-refractivity contribution in [2.75, 3.05) is 23.3 Å². The number of carbonyl (C=O) groups is 1. The van der Waals surface area contributed by atoms with E-state index in [9.17, 15) is 13.6 Å². The number of benzene rings is 1. The number of imidazole rings is 1. The van der Waals surface area contributed by atoms with Gasteiger partial charge in [0, 0.05) is 30.6 Å². The summed E-state index contributed by atoms with van der Waals surface area (Å²) in [5.74, 6) is -4.33. The number of anilines is 2. The molecule has 32 heavy (non-hydrogen) atoms. The Morgan fingerprint density at radius 2 is 2.00 bits per heavy atom. The second-order valence-corrected chi connectivity index (χ2v) is 8.51. The molecule has 7 nitrogen and oxygen atoms in total. The van der Waals surface area contributed by atoms with Crippen LogP contribution >= 0.6 is 0 Å². The molecule has 2 aliphatic rings. The van der Waals surface area contributed by atoms with Gasteiger partial charge in [0.1, 0.15) is 17.1 Å². The lowest BCUT2D eigenvalue weighted by Gasteiger charge is -2.28. The van der Waals surface area contributed by atoms with Crippen LogP contribution in [0.3, 0.4) is 0 Å². The molecule has 2 aromatic carbocycles. The number of aromatic amines is 2. The second-order valence-electron chi connectivity index (χ2n) is 8.51. The number of amides is 1. The molecule has 4 aromatic rings. The van der Waals surface area contributed by atoms with Gasteiger partial charge in [-0.3, -0.25) is 9.89 Å². The molecule has 0 radical (unpaired) electrons. The first-order valence-corrected chi connectivity index (χ1v) is 10.7. The third-order valence-electron chi connectivity index (χ3n) is 6.23. The first-order chi connectivity index (χ1) is 15.5. The maximum Gasteiger partial charge on any atom is 0.260 e. The highest BCUT2D eigenvalue weighted by Crippen LogP contribution is 2.49. The molecule has 6 rings (SSSR count). The first-order valence-electron chi connectivity index (χ1n) is 10.7. The number of hydrogen-bond donors (Lipinski definition) is 3. The van der Waals surface area contributed by atoms with Gasteiger partial charge in [0.15, 0.2) is 5.82 Å². The number of halogens is 2. The summed E-state index contributed by atoms with van der Waals surface area (Å²) in [5, 5.41) is 10.4. The largest absolute Gasteiger partial charge is 0.371 e. The Hall–Kier alpha value is -3.67. The van der Waals surface area contributed by atoms with Gasteiger partial charge in [0.25, 0.3) is 5.92 Å². The maximum absolute atomic E-state index is 13.2. The molecule has 162 valence electrons. The van der Waals surface area contributed by atoms with E-state index in [1.807, 2.05) is 6.07 Å². The van der Waals surface area contributed by atoms with E-state index >= 15 is 0 Å². The van der Waals surface area contributed by atoms with Crippen molar-refractivity contribution in [2.45, 2.75) is 31.6 Å². The first kappa shape index (κ1) is 19.0. The van der Waals surface area contributed by atoms with Crippen molar-refractivity contribution in [1.82, 2.24) is 20.2 Å².